The highest BCUT2D eigenvalue weighted by Gasteiger charge is 2.25. The minimum Gasteiger partial charge on any atom is -0.382 e. The monoisotopic (exact) mass is 274 g/mol. The molecule has 3 nitrogen and oxygen atoms in total. The predicted molar refractivity (Wildman–Crippen MR) is 83.9 cm³/mol. The van der Waals surface area contributed by atoms with Gasteiger partial charge >= 0.3 is 0 Å². The van der Waals surface area contributed by atoms with Crippen LogP contribution in [-0.4, -0.2) is 11.9 Å². The molecule has 0 radical (unpaired) electrons. The van der Waals surface area contributed by atoms with Crippen molar-refractivity contribution < 1.29 is 4.79 Å². The molecule has 1 amide bonds. The molecule has 3 heteroatoms. The highest BCUT2D eigenvalue weighted by molar-refractivity contribution is 5.77. The lowest BCUT2D eigenvalue weighted by atomic mass is 9.92. The fourth-order valence-corrected chi connectivity index (χ4v) is 2.85. The van der Waals surface area contributed by atoms with E-state index in [4.69, 9.17) is 0 Å². The lowest BCUT2D eigenvalue weighted by Crippen LogP contribution is -2.36. The largest absolute Gasteiger partial charge is 0.382 e. The van der Waals surface area contributed by atoms with Crippen LogP contribution in [0.5, 0.6) is 0 Å². The summed E-state index contributed by atoms with van der Waals surface area (Å²) in [6.07, 6.45) is 4.87. The second kappa shape index (κ2) is 6.78. The number of hydrogen-bond donors (Lipinski definition) is 2. The van der Waals surface area contributed by atoms with E-state index in [1.165, 1.54) is 11.1 Å². The smallest absolute Gasteiger partial charge is 0.220 e. The number of anilines is 1. The SMILES string of the molecule is CCCCCC(=O)N[C@@H]1C[C@H](C)Nc2ccc(C)cc21. The van der Waals surface area contributed by atoms with Gasteiger partial charge in [-0.05, 0) is 38.3 Å². The quantitative estimate of drug-likeness (QED) is 0.799. The van der Waals surface area contributed by atoms with Crippen LogP contribution in [0.4, 0.5) is 5.69 Å². The molecular formula is C17H26N2O. The van der Waals surface area contributed by atoms with Gasteiger partial charge in [-0.3, -0.25) is 4.79 Å². The van der Waals surface area contributed by atoms with E-state index in [0.29, 0.717) is 12.5 Å². The van der Waals surface area contributed by atoms with Crippen LogP contribution in [0.25, 0.3) is 0 Å². The van der Waals surface area contributed by atoms with Crippen molar-refractivity contribution in [1.82, 2.24) is 5.32 Å². The lowest BCUT2D eigenvalue weighted by molar-refractivity contribution is -0.122. The Hall–Kier alpha value is -1.51. The van der Waals surface area contributed by atoms with Gasteiger partial charge in [-0.15, -0.1) is 0 Å². The normalized spacial score (nSPS) is 20.9. The minimum absolute atomic E-state index is 0.148. The van der Waals surface area contributed by atoms with Crippen LogP contribution >= 0.6 is 0 Å². The molecule has 0 fully saturated rings. The van der Waals surface area contributed by atoms with E-state index in [2.05, 4.69) is 49.6 Å². The third kappa shape index (κ3) is 3.75. The third-order valence-electron chi connectivity index (χ3n) is 3.92. The van der Waals surface area contributed by atoms with Gasteiger partial charge in [-0.1, -0.05) is 37.5 Å². The Bertz CT molecular complexity index is 470. The van der Waals surface area contributed by atoms with Gasteiger partial charge in [-0.25, -0.2) is 0 Å². The average molecular weight is 274 g/mol. The van der Waals surface area contributed by atoms with E-state index in [-0.39, 0.29) is 11.9 Å². The van der Waals surface area contributed by atoms with Gasteiger partial charge < -0.3 is 10.6 Å². The predicted octanol–water partition coefficient (Wildman–Crippen LogP) is 3.94. The van der Waals surface area contributed by atoms with Crippen molar-refractivity contribution in [3.8, 4) is 0 Å². The van der Waals surface area contributed by atoms with Crippen LogP contribution in [0, 0.1) is 6.92 Å². The van der Waals surface area contributed by atoms with E-state index in [1.807, 2.05) is 0 Å². The zero-order valence-corrected chi connectivity index (χ0v) is 12.8. The number of unbranched alkanes of at least 4 members (excludes halogenated alkanes) is 2. The maximum atomic E-state index is 12.1. The molecule has 0 unspecified atom stereocenters. The number of benzene rings is 1. The molecule has 0 aliphatic carbocycles. The van der Waals surface area contributed by atoms with Gasteiger partial charge in [0.25, 0.3) is 0 Å². The Morgan fingerprint density at radius 2 is 2.20 bits per heavy atom. The van der Waals surface area contributed by atoms with Crippen LogP contribution in [0.2, 0.25) is 0 Å². The van der Waals surface area contributed by atoms with Crippen LogP contribution in [0.1, 0.15) is 63.1 Å². The summed E-state index contributed by atoms with van der Waals surface area (Å²) in [5, 5.41) is 6.70. The molecule has 2 rings (SSSR count). The number of fused-ring (bicyclic) bond motifs is 1. The summed E-state index contributed by atoms with van der Waals surface area (Å²) in [6, 6.07) is 6.97. The average Bonchev–Trinajstić information content (AvgIpc) is 2.40. The molecule has 0 aromatic heterocycles. The summed E-state index contributed by atoms with van der Waals surface area (Å²) in [7, 11) is 0. The number of amides is 1. The standard InChI is InChI=1S/C17H26N2O/c1-4-5-6-7-17(20)19-16-11-13(3)18-15-9-8-12(2)10-14(15)16/h8-10,13,16,18H,4-7,11H2,1-3H3,(H,19,20)/t13-,16+/m0/s1. The van der Waals surface area contributed by atoms with Gasteiger partial charge in [0.1, 0.15) is 0 Å². The maximum absolute atomic E-state index is 12.1. The van der Waals surface area contributed by atoms with Gasteiger partial charge in [0, 0.05) is 18.2 Å². The first-order valence-electron chi connectivity index (χ1n) is 7.76. The van der Waals surface area contributed by atoms with Crippen molar-refractivity contribution in [2.24, 2.45) is 0 Å². The molecule has 2 atom stereocenters. The Balaban J connectivity index is 2.05. The molecule has 1 aliphatic heterocycles. The third-order valence-corrected chi connectivity index (χ3v) is 3.92. The Kier molecular flexibility index (Phi) is 5.05. The summed E-state index contributed by atoms with van der Waals surface area (Å²) in [5.74, 6) is 0.185. The number of aryl methyl sites for hydroxylation is 1. The van der Waals surface area contributed by atoms with Crippen molar-refractivity contribution in [1.29, 1.82) is 0 Å². The topological polar surface area (TPSA) is 41.1 Å². The van der Waals surface area contributed by atoms with Crippen molar-refractivity contribution >= 4 is 11.6 Å². The molecule has 1 heterocycles. The number of hydrogen-bond acceptors (Lipinski definition) is 2. The summed E-state index contributed by atoms with van der Waals surface area (Å²) < 4.78 is 0. The number of carbonyl (C=O) groups is 1. The zero-order chi connectivity index (χ0) is 14.5. The minimum atomic E-state index is 0.148. The molecule has 0 spiro atoms. The number of carbonyl (C=O) groups excluding carboxylic acids is 1. The van der Waals surface area contributed by atoms with Crippen LogP contribution in [-0.2, 0) is 4.79 Å². The van der Waals surface area contributed by atoms with Crippen LogP contribution in [0.15, 0.2) is 18.2 Å². The van der Waals surface area contributed by atoms with Crippen LogP contribution < -0.4 is 10.6 Å². The maximum Gasteiger partial charge on any atom is 0.220 e. The molecule has 110 valence electrons. The summed E-state index contributed by atoms with van der Waals surface area (Å²) in [4.78, 5) is 12.1. The molecule has 1 aromatic carbocycles. The molecule has 2 N–H and O–H groups in total. The first-order chi connectivity index (χ1) is 9.60. The molecular weight excluding hydrogens is 248 g/mol. The van der Waals surface area contributed by atoms with Gasteiger partial charge in [0.2, 0.25) is 5.91 Å². The second-order valence-corrected chi connectivity index (χ2v) is 5.95. The van der Waals surface area contributed by atoms with Gasteiger partial charge in [-0.2, -0.15) is 0 Å². The molecule has 0 saturated heterocycles. The van der Waals surface area contributed by atoms with Crippen molar-refractivity contribution in [2.45, 2.75) is 65.0 Å². The summed E-state index contributed by atoms with van der Waals surface area (Å²) in [5.41, 5.74) is 3.63. The molecule has 20 heavy (non-hydrogen) atoms. The van der Waals surface area contributed by atoms with E-state index in [9.17, 15) is 4.79 Å². The molecule has 0 bridgehead atoms. The van der Waals surface area contributed by atoms with E-state index >= 15 is 0 Å². The number of rotatable bonds is 5. The Morgan fingerprint density at radius 3 is 2.95 bits per heavy atom. The van der Waals surface area contributed by atoms with Gasteiger partial charge in [0.15, 0.2) is 0 Å². The van der Waals surface area contributed by atoms with E-state index < -0.39 is 0 Å². The van der Waals surface area contributed by atoms with Crippen LogP contribution in [0.3, 0.4) is 0 Å². The second-order valence-electron chi connectivity index (χ2n) is 5.95. The first-order valence-corrected chi connectivity index (χ1v) is 7.76. The van der Waals surface area contributed by atoms with Crippen molar-refractivity contribution in [3.63, 3.8) is 0 Å². The molecule has 1 aliphatic rings. The molecule has 1 aromatic rings. The zero-order valence-electron chi connectivity index (χ0n) is 12.8. The number of nitrogens with one attached hydrogen (secondary N) is 2. The van der Waals surface area contributed by atoms with E-state index in [1.54, 1.807) is 0 Å². The Morgan fingerprint density at radius 1 is 1.40 bits per heavy atom. The lowest BCUT2D eigenvalue weighted by Gasteiger charge is -2.32. The Labute approximate surface area is 122 Å². The molecule has 0 saturated carbocycles. The van der Waals surface area contributed by atoms with E-state index in [0.717, 1.165) is 31.4 Å². The fourth-order valence-electron chi connectivity index (χ4n) is 2.85. The highest BCUT2D eigenvalue weighted by atomic mass is 16.1. The highest BCUT2D eigenvalue weighted by Crippen LogP contribution is 2.33. The summed E-state index contributed by atoms with van der Waals surface area (Å²) >= 11 is 0. The van der Waals surface area contributed by atoms with Crippen molar-refractivity contribution in [2.75, 3.05) is 5.32 Å². The van der Waals surface area contributed by atoms with Crippen molar-refractivity contribution in [3.05, 3.63) is 29.3 Å². The van der Waals surface area contributed by atoms with Gasteiger partial charge in [0.05, 0.1) is 6.04 Å². The fraction of sp³-hybridized carbons (Fsp3) is 0.588. The summed E-state index contributed by atoms with van der Waals surface area (Å²) in [6.45, 7) is 6.42. The first kappa shape index (κ1) is 14.9.